The zero-order valence-electron chi connectivity index (χ0n) is 16.5. The van der Waals surface area contributed by atoms with E-state index in [-0.39, 0.29) is 28.5 Å². The number of rotatable bonds is 6. The van der Waals surface area contributed by atoms with Crippen LogP contribution in [-0.2, 0) is 4.79 Å². The number of carbonyl (C=O) groups is 2. The average Bonchev–Trinajstić information content (AvgIpc) is 3.19. The molecule has 1 aliphatic rings. The third-order valence-electron chi connectivity index (χ3n) is 4.94. The summed E-state index contributed by atoms with van der Waals surface area (Å²) in [5, 5.41) is 2.47. The van der Waals surface area contributed by atoms with Crippen LogP contribution in [0.4, 0.5) is 0 Å². The normalized spacial score (nSPS) is 19.5. The van der Waals surface area contributed by atoms with Crippen molar-refractivity contribution in [3.05, 3.63) is 56.7 Å². The van der Waals surface area contributed by atoms with E-state index in [1.807, 2.05) is 37.8 Å². The monoisotopic (exact) mass is 436 g/mol. The molecule has 2 unspecified atom stereocenters. The summed E-state index contributed by atoms with van der Waals surface area (Å²) >= 11 is 9.60. The van der Waals surface area contributed by atoms with E-state index < -0.39 is 0 Å². The van der Waals surface area contributed by atoms with Gasteiger partial charge in [-0.05, 0) is 56.8 Å². The summed E-state index contributed by atoms with van der Waals surface area (Å²) in [5.74, 6) is 0.0356. The smallest absolute Gasteiger partial charge is 0.255 e. The molecule has 2 heterocycles. The van der Waals surface area contributed by atoms with Crippen LogP contribution in [-0.4, -0.2) is 46.0 Å². The summed E-state index contributed by atoms with van der Waals surface area (Å²) in [4.78, 5) is 30.8. The van der Waals surface area contributed by atoms with E-state index in [1.54, 1.807) is 40.1 Å². The Morgan fingerprint density at radius 3 is 2.61 bits per heavy atom. The summed E-state index contributed by atoms with van der Waals surface area (Å²) in [6.07, 6.45) is 0. The van der Waals surface area contributed by atoms with Crippen molar-refractivity contribution >= 4 is 46.5 Å². The van der Waals surface area contributed by atoms with Crippen LogP contribution in [0.1, 0.15) is 46.9 Å². The molecule has 0 aliphatic carbocycles. The zero-order chi connectivity index (χ0) is 20.4. The Labute approximate surface area is 179 Å². The zero-order valence-corrected chi connectivity index (χ0v) is 18.9. The van der Waals surface area contributed by atoms with Crippen molar-refractivity contribution in [3.63, 3.8) is 0 Å². The number of halogens is 1. The van der Waals surface area contributed by atoms with E-state index in [9.17, 15) is 9.59 Å². The van der Waals surface area contributed by atoms with Gasteiger partial charge >= 0.3 is 0 Å². The van der Waals surface area contributed by atoms with E-state index >= 15 is 0 Å². The lowest BCUT2D eigenvalue weighted by Gasteiger charge is -2.31. The first-order valence-electron chi connectivity index (χ1n) is 9.36. The molecule has 4 nitrogen and oxygen atoms in total. The summed E-state index contributed by atoms with van der Waals surface area (Å²) in [7, 11) is 0. The Bertz CT molecular complexity index is 868. The second-order valence-electron chi connectivity index (χ2n) is 7.20. The van der Waals surface area contributed by atoms with Crippen molar-refractivity contribution < 1.29 is 9.59 Å². The minimum absolute atomic E-state index is 0.00785. The summed E-state index contributed by atoms with van der Waals surface area (Å²) < 4.78 is 0. The second-order valence-corrected chi connectivity index (χ2v) is 9.98. The lowest BCUT2D eigenvalue weighted by molar-refractivity contribution is -0.130. The molecule has 0 N–H and O–H groups in total. The molecule has 1 aliphatic heterocycles. The molecule has 2 atom stereocenters. The molecule has 1 saturated heterocycles. The molecular weight excluding hydrogens is 412 g/mol. The molecule has 1 fully saturated rings. The van der Waals surface area contributed by atoms with Gasteiger partial charge in [-0.1, -0.05) is 23.7 Å². The molecule has 2 amide bonds. The highest BCUT2D eigenvalue weighted by molar-refractivity contribution is 8.01. The largest absolute Gasteiger partial charge is 0.334 e. The lowest BCUT2D eigenvalue weighted by atomic mass is 10.1. The Kier molecular flexibility index (Phi) is 6.73. The molecule has 1 aromatic heterocycles. The van der Waals surface area contributed by atoms with Crippen molar-refractivity contribution in [1.82, 2.24) is 9.80 Å². The van der Waals surface area contributed by atoms with Gasteiger partial charge in [0.2, 0.25) is 5.91 Å². The molecule has 3 rings (SSSR count). The summed E-state index contributed by atoms with van der Waals surface area (Å²) in [6, 6.07) is 9.20. The number of benzene rings is 1. The van der Waals surface area contributed by atoms with Crippen LogP contribution in [0.2, 0.25) is 5.02 Å². The Balaban J connectivity index is 1.78. The maximum atomic E-state index is 13.1. The van der Waals surface area contributed by atoms with Gasteiger partial charge < -0.3 is 9.80 Å². The first kappa shape index (κ1) is 21.2. The second kappa shape index (κ2) is 8.89. The molecule has 0 bridgehead atoms. The fourth-order valence-electron chi connectivity index (χ4n) is 3.34. The van der Waals surface area contributed by atoms with Gasteiger partial charge in [-0.2, -0.15) is 0 Å². The van der Waals surface area contributed by atoms with Crippen molar-refractivity contribution in [2.45, 2.75) is 44.4 Å². The van der Waals surface area contributed by atoms with Crippen molar-refractivity contribution in [1.29, 1.82) is 0 Å². The van der Waals surface area contributed by atoms with Crippen LogP contribution in [0.3, 0.4) is 0 Å². The standard InChI is InChI=1S/C21H25ClN2O2S2/c1-13(2)23(20(26)16-7-5-6-8-17(16)22)10-11-24-19(25)15(4)28-21(24)18-14(3)9-12-27-18/h5-9,12-13,15,21H,10-11H2,1-4H3. The van der Waals surface area contributed by atoms with Gasteiger partial charge in [-0.15, -0.1) is 23.1 Å². The Morgan fingerprint density at radius 2 is 2.00 bits per heavy atom. The Hall–Kier alpha value is -1.50. The SMILES string of the molecule is Cc1ccsc1C1SC(C)C(=O)N1CCN(C(=O)c1ccccc1Cl)C(C)C. The predicted molar refractivity (Wildman–Crippen MR) is 118 cm³/mol. The molecule has 7 heteroatoms. The Morgan fingerprint density at radius 1 is 1.29 bits per heavy atom. The van der Waals surface area contributed by atoms with Gasteiger partial charge in [0.1, 0.15) is 5.37 Å². The molecule has 1 aromatic carbocycles. The molecular formula is C21H25ClN2O2S2. The first-order valence-corrected chi connectivity index (χ1v) is 11.6. The van der Waals surface area contributed by atoms with E-state index in [0.29, 0.717) is 23.7 Å². The molecule has 0 radical (unpaired) electrons. The quantitative estimate of drug-likeness (QED) is 0.623. The topological polar surface area (TPSA) is 40.6 Å². The van der Waals surface area contributed by atoms with Gasteiger partial charge in [-0.25, -0.2) is 0 Å². The van der Waals surface area contributed by atoms with Gasteiger partial charge in [0.15, 0.2) is 0 Å². The third-order valence-corrected chi connectivity index (χ3v) is 7.85. The minimum atomic E-state index is -0.100. The number of thioether (sulfide) groups is 1. The minimum Gasteiger partial charge on any atom is -0.334 e. The predicted octanol–water partition coefficient (Wildman–Crippen LogP) is 5.22. The van der Waals surface area contributed by atoms with E-state index in [4.69, 9.17) is 11.6 Å². The first-order chi connectivity index (χ1) is 13.3. The summed E-state index contributed by atoms with van der Waals surface area (Å²) in [5.41, 5.74) is 1.71. The van der Waals surface area contributed by atoms with Gasteiger partial charge in [0.25, 0.3) is 5.91 Å². The fraction of sp³-hybridized carbons (Fsp3) is 0.429. The fourth-order valence-corrected chi connectivity index (χ4v) is 6.11. The van der Waals surface area contributed by atoms with Crippen LogP contribution < -0.4 is 0 Å². The van der Waals surface area contributed by atoms with Crippen molar-refractivity contribution in [2.24, 2.45) is 0 Å². The maximum Gasteiger partial charge on any atom is 0.255 e. The average molecular weight is 437 g/mol. The van der Waals surface area contributed by atoms with Crippen LogP contribution in [0.5, 0.6) is 0 Å². The van der Waals surface area contributed by atoms with Gasteiger partial charge in [-0.3, -0.25) is 9.59 Å². The van der Waals surface area contributed by atoms with Crippen LogP contribution in [0.15, 0.2) is 35.7 Å². The molecule has 0 spiro atoms. The number of hydrogen-bond donors (Lipinski definition) is 0. The van der Waals surface area contributed by atoms with Crippen LogP contribution in [0, 0.1) is 6.92 Å². The number of hydrogen-bond acceptors (Lipinski definition) is 4. The summed E-state index contributed by atoms with van der Waals surface area (Å²) in [6.45, 7) is 8.99. The number of nitrogens with zero attached hydrogens (tertiary/aromatic N) is 2. The highest BCUT2D eigenvalue weighted by Crippen LogP contribution is 2.45. The number of aryl methyl sites for hydroxylation is 1. The van der Waals surface area contributed by atoms with Gasteiger partial charge in [0, 0.05) is 24.0 Å². The number of carbonyl (C=O) groups excluding carboxylic acids is 2. The van der Waals surface area contributed by atoms with Crippen LogP contribution >= 0.6 is 34.7 Å². The van der Waals surface area contributed by atoms with E-state index in [0.717, 1.165) is 0 Å². The van der Waals surface area contributed by atoms with Crippen LogP contribution in [0.25, 0.3) is 0 Å². The van der Waals surface area contributed by atoms with E-state index in [2.05, 4.69) is 18.4 Å². The van der Waals surface area contributed by atoms with Crippen molar-refractivity contribution in [3.8, 4) is 0 Å². The third kappa shape index (κ3) is 4.24. The molecule has 2 aromatic rings. The lowest BCUT2D eigenvalue weighted by Crippen LogP contribution is -2.43. The molecule has 150 valence electrons. The van der Waals surface area contributed by atoms with Crippen molar-refractivity contribution in [2.75, 3.05) is 13.1 Å². The number of thiophene rings is 1. The highest BCUT2D eigenvalue weighted by Gasteiger charge is 2.39. The van der Waals surface area contributed by atoms with E-state index in [1.165, 1.54) is 10.4 Å². The van der Waals surface area contributed by atoms with Gasteiger partial charge in [0.05, 0.1) is 15.8 Å². The molecule has 0 saturated carbocycles. The molecule has 28 heavy (non-hydrogen) atoms. The highest BCUT2D eigenvalue weighted by atomic mass is 35.5. The number of amides is 2. The maximum absolute atomic E-state index is 13.1.